The summed E-state index contributed by atoms with van der Waals surface area (Å²) in [5.41, 5.74) is 0. The highest BCUT2D eigenvalue weighted by Gasteiger charge is 2.28. The molecule has 1 rings (SSSR count). The standard InChI is InChI=1S/C15H31N3O/c1-6-12(3)17-15(19)7-8-16-14-9-13(4)18(5)10-11(14)2/h11-14,16H,6-10H2,1-5H3,(H,17,19). The average Bonchev–Trinajstić information content (AvgIpc) is 2.35. The number of likely N-dealkylation sites (tertiary alicyclic amines) is 1. The zero-order chi connectivity index (χ0) is 14.4. The molecular formula is C15H31N3O. The lowest BCUT2D eigenvalue weighted by Crippen LogP contribution is -2.51. The molecule has 1 aliphatic rings. The molecule has 0 bridgehead atoms. The third kappa shape index (κ3) is 5.49. The Morgan fingerprint density at radius 3 is 2.74 bits per heavy atom. The fraction of sp³-hybridized carbons (Fsp3) is 0.933. The summed E-state index contributed by atoms with van der Waals surface area (Å²) in [7, 11) is 2.19. The van der Waals surface area contributed by atoms with Crippen LogP contribution in [0, 0.1) is 5.92 Å². The van der Waals surface area contributed by atoms with Gasteiger partial charge in [-0.2, -0.15) is 0 Å². The van der Waals surface area contributed by atoms with E-state index in [1.165, 1.54) is 6.42 Å². The quantitative estimate of drug-likeness (QED) is 0.770. The van der Waals surface area contributed by atoms with E-state index in [2.05, 4.69) is 43.4 Å². The molecular weight excluding hydrogens is 238 g/mol. The highest BCUT2D eigenvalue weighted by Crippen LogP contribution is 2.20. The van der Waals surface area contributed by atoms with E-state index in [1.54, 1.807) is 0 Å². The predicted octanol–water partition coefficient (Wildman–Crippen LogP) is 1.61. The number of nitrogens with one attached hydrogen (secondary N) is 2. The Morgan fingerprint density at radius 1 is 1.42 bits per heavy atom. The van der Waals surface area contributed by atoms with Gasteiger partial charge in [0.05, 0.1) is 0 Å². The summed E-state index contributed by atoms with van der Waals surface area (Å²) in [6, 6.07) is 1.46. The van der Waals surface area contributed by atoms with Crippen molar-refractivity contribution in [2.75, 3.05) is 20.1 Å². The van der Waals surface area contributed by atoms with E-state index in [0.29, 0.717) is 24.4 Å². The molecule has 1 aliphatic heterocycles. The van der Waals surface area contributed by atoms with Gasteiger partial charge in [0.15, 0.2) is 0 Å². The molecule has 4 atom stereocenters. The third-order valence-corrected chi connectivity index (χ3v) is 4.39. The van der Waals surface area contributed by atoms with Crippen molar-refractivity contribution in [3.8, 4) is 0 Å². The molecule has 4 heteroatoms. The van der Waals surface area contributed by atoms with Gasteiger partial charge in [0.25, 0.3) is 0 Å². The molecule has 0 saturated carbocycles. The van der Waals surface area contributed by atoms with Crippen LogP contribution in [0.1, 0.15) is 47.0 Å². The smallest absolute Gasteiger partial charge is 0.221 e. The van der Waals surface area contributed by atoms with Crippen LogP contribution < -0.4 is 10.6 Å². The molecule has 0 aliphatic carbocycles. The summed E-state index contributed by atoms with van der Waals surface area (Å²) in [6.45, 7) is 10.6. The van der Waals surface area contributed by atoms with E-state index < -0.39 is 0 Å². The van der Waals surface area contributed by atoms with Crippen LogP contribution in [0.15, 0.2) is 0 Å². The van der Waals surface area contributed by atoms with Gasteiger partial charge < -0.3 is 15.5 Å². The Labute approximate surface area is 118 Å². The van der Waals surface area contributed by atoms with Crippen molar-refractivity contribution in [3.63, 3.8) is 0 Å². The number of piperidine rings is 1. The summed E-state index contributed by atoms with van der Waals surface area (Å²) in [5.74, 6) is 0.814. The van der Waals surface area contributed by atoms with Crippen LogP contribution in [0.5, 0.6) is 0 Å². The van der Waals surface area contributed by atoms with Crippen LogP contribution in [0.2, 0.25) is 0 Å². The predicted molar refractivity (Wildman–Crippen MR) is 80.2 cm³/mol. The van der Waals surface area contributed by atoms with Crippen molar-refractivity contribution in [2.45, 2.75) is 65.1 Å². The van der Waals surface area contributed by atoms with Crippen LogP contribution in [0.4, 0.5) is 0 Å². The maximum absolute atomic E-state index is 11.7. The number of hydrogen-bond donors (Lipinski definition) is 2. The van der Waals surface area contributed by atoms with Gasteiger partial charge in [-0.1, -0.05) is 13.8 Å². The van der Waals surface area contributed by atoms with Gasteiger partial charge in [0.1, 0.15) is 0 Å². The van der Waals surface area contributed by atoms with Crippen molar-refractivity contribution in [1.29, 1.82) is 0 Å². The number of nitrogens with zero attached hydrogens (tertiary/aromatic N) is 1. The zero-order valence-corrected chi connectivity index (χ0v) is 13.2. The Kier molecular flexibility index (Phi) is 6.80. The lowest BCUT2D eigenvalue weighted by Gasteiger charge is -2.40. The van der Waals surface area contributed by atoms with Gasteiger partial charge in [-0.15, -0.1) is 0 Å². The highest BCUT2D eigenvalue weighted by molar-refractivity contribution is 5.76. The molecule has 19 heavy (non-hydrogen) atoms. The second-order valence-corrected chi connectivity index (χ2v) is 6.19. The molecule has 1 heterocycles. The third-order valence-electron chi connectivity index (χ3n) is 4.39. The molecule has 112 valence electrons. The lowest BCUT2D eigenvalue weighted by molar-refractivity contribution is -0.121. The van der Waals surface area contributed by atoms with Crippen LogP contribution in [-0.4, -0.2) is 49.1 Å². The number of rotatable bonds is 6. The van der Waals surface area contributed by atoms with Crippen molar-refractivity contribution in [1.82, 2.24) is 15.5 Å². The Bertz CT molecular complexity index is 283. The molecule has 2 N–H and O–H groups in total. The van der Waals surface area contributed by atoms with E-state index in [-0.39, 0.29) is 11.9 Å². The van der Waals surface area contributed by atoms with Crippen LogP contribution in [-0.2, 0) is 4.79 Å². The zero-order valence-electron chi connectivity index (χ0n) is 13.2. The molecule has 0 radical (unpaired) electrons. The highest BCUT2D eigenvalue weighted by atomic mass is 16.1. The Hall–Kier alpha value is -0.610. The first-order valence-corrected chi connectivity index (χ1v) is 7.67. The summed E-state index contributed by atoms with van der Waals surface area (Å²) in [4.78, 5) is 14.1. The molecule has 0 aromatic rings. The van der Waals surface area contributed by atoms with E-state index in [9.17, 15) is 4.79 Å². The Morgan fingerprint density at radius 2 is 2.11 bits per heavy atom. The molecule has 1 amide bonds. The lowest BCUT2D eigenvalue weighted by atomic mass is 9.90. The monoisotopic (exact) mass is 269 g/mol. The molecule has 1 fully saturated rings. The molecule has 0 aromatic carbocycles. The van der Waals surface area contributed by atoms with Crippen molar-refractivity contribution in [2.24, 2.45) is 5.92 Å². The van der Waals surface area contributed by atoms with Crippen molar-refractivity contribution >= 4 is 5.91 Å². The van der Waals surface area contributed by atoms with E-state index in [0.717, 1.165) is 19.5 Å². The first kappa shape index (κ1) is 16.4. The van der Waals surface area contributed by atoms with Crippen molar-refractivity contribution < 1.29 is 4.79 Å². The topological polar surface area (TPSA) is 44.4 Å². The van der Waals surface area contributed by atoms with Gasteiger partial charge >= 0.3 is 0 Å². The molecule has 4 nitrogen and oxygen atoms in total. The summed E-state index contributed by atoms with van der Waals surface area (Å²) in [6.07, 6.45) is 2.74. The van der Waals surface area contributed by atoms with Crippen LogP contribution >= 0.6 is 0 Å². The second kappa shape index (κ2) is 7.85. The summed E-state index contributed by atoms with van der Waals surface area (Å²) < 4.78 is 0. The van der Waals surface area contributed by atoms with Gasteiger partial charge in [-0.05, 0) is 39.7 Å². The first-order valence-electron chi connectivity index (χ1n) is 7.67. The molecule has 0 aromatic heterocycles. The SMILES string of the molecule is CCC(C)NC(=O)CCNC1CC(C)N(C)CC1C. The fourth-order valence-electron chi connectivity index (χ4n) is 2.65. The van der Waals surface area contributed by atoms with E-state index in [4.69, 9.17) is 0 Å². The summed E-state index contributed by atoms with van der Waals surface area (Å²) >= 11 is 0. The number of carbonyl (C=O) groups excluding carboxylic acids is 1. The minimum atomic E-state index is 0.162. The van der Waals surface area contributed by atoms with Crippen LogP contribution in [0.25, 0.3) is 0 Å². The fourth-order valence-corrected chi connectivity index (χ4v) is 2.65. The Balaban J connectivity index is 2.23. The number of hydrogen-bond acceptors (Lipinski definition) is 3. The molecule has 4 unspecified atom stereocenters. The van der Waals surface area contributed by atoms with Gasteiger partial charge in [-0.3, -0.25) is 4.79 Å². The number of carbonyl (C=O) groups is 1. The average molecular weight is 269 g/mol. The summed E-state index contributed by atoms with van der Waals surface area (Å²) in [5, 5.41) is 6.56. The largest absolute Gasteiger partial charge is 0.354 e. The van der Waals surface area contributed by atoms with Crippen LogP contribution in [0.3, 0.4) is 0 Å². The minimum absolute atomic E-state index is 0.162. The molecule has 1 saturated heterocycles. The van der Waals surface area contributed by atoms with Crippen molar-refractivity contribution in [3.05, 3.63) is 0 Å². The van der Waals surface area contributed by atoms with Gasteiger partial charge in [0.2, 0.25) is 5.91 Å². The molecule has 0 spiro atoms. The number of amides is 1. The maximum Gasteiger partial charge on any atom is 0.221 e. The minimum Gasteiger partial charge on any atom is -0.354 e. The van der Waals surface area contributed by atoms with Gasteiger partial charge in [0, 0.05) is 37.6 Å². The second-order valence-electron chi connectivity index (χ2n) is 6.19. The van der Waals surface area contributed by atoms with E-state index in [1.807, 2.05) is 6.92 Å². The first-order chi connectivity index (χ1) is 8.93. The van der Waals surface area contributed by atoms with Gasteiger partial charge in [-0.25, -0.2) is 0 Å². The van der Waals surface area contributed by atoms with E-state index >= 15 is 0 Å². The normalized spacial score (nSPS) is 30.1. The maximum atomic E-state index is 11.7.